The predicted molar refractivity (Wildman–Crippen MR) is 327 cm³/mol. The van der Waals surface area contributed by atoms with Crippen LogP contribution in [0.15, 0.2) is 60.8 Å². The summed E-state index contributed by atoms with van der Waals surface area (Å²) in [7, 11) is 5.95. The molecule has 2 atom stereocenters. The van der Waals surface area contributed by atoms with Gasteiger partial charge in [-0.05, 0) is 51.4 Å². The Bertz CT molecular complexity index is 1450. The first-order chi connectivity index (χ1) is 37.6. The Morgan fingerprint density at radius 2 is 0.740 bits per heavy atom. The number of carbonyl (C=O) groups excluding carboxylic acids is 2. The average Bonchev–Trinajstić information content (AvgIpc) is 3.40. The van der Waals surface area contributed by atoms with Crippen LogP contribution < -0.4 is 0 Å². The fraction of sp³-hybridized carbons (Fsp3) is 0.809. The lowest BCUT2D eigenvalue weighted by molar-refractivity contribution is -0.870. The molecule has 0 aliphatic carbocycles. The van der Waals surface area contributed by atoms with Gasteiger partial charge in [0, 0.05) is 12.8 Å². The molecule has 0 amide bonds. The van der Waals surface area contributed by atoms with Gasteiger partial charge >= 0.3 is 17.9 Å². The van der Waals surface area contributed by atoms with Gasteiger partial charge in [0.05, 0.1) is 34.4 Å². The number of allylic oxidation sites excluding steroid dienone is 10. The number of esters is 2. The van der Waals surface area contributed by atoms with Crippen LogP contribution in [-0.4, -0.2) is 87.4 Å². The van der Waals surface area contributed by atoms with Crippen molar-refractivity contribution in [2.45, 2.75) is 309 Å². The number of hydrogen-bond donors (Lipinski definition) is 1. The molecule has 0 aliphatic rings. The van der Waals surface area contributed by atoms with E-state index in [1.807, 2.05) is 21.1 Å². The number of unbranched alkanes of at least 4 members (excludes halogenated alkanes) is 35. The average molecular weight is 1080 g/mol. The number of quaternary nitrogens is 1. The first-order valence-corrected chi connectivity index (χ1v) is 32.5. The van der Waals surface area contributed by atoms with Crippen molar-refractivity contribution in [3.8, 4) is 0 Å². The number of nitrogens with zero attached hydrogens (tertiary/aromatic N) is 1. The summed E-state index contributed by atoms with van der Waals surface area (Å²) in [6, 6.07) is 0. The van der Waals surface area contributed by atoms with Crippen LogP contribution in [0.5, 0.6) is 0 Å². The Labute approximate surface area is 475 Å². The first kappa shape index (κ1) is 74.0. The van der Waals surface area contributed by atoms with E-state index in [-0.39, 0.29) is 32.2 Å². The van der Waals surface area contributed by atoms with Crippen molar-refractivity contribution < 1.29 is 42.9 Å². The molecule has 0 aliphatic heterocycles. The van der Waals surface area contributed by atoms with Gasteiger partial charge in [-0.2, -0.15) is 0 Å². The number of aliphatic carboxylic acids is 1. The van der Waals surface area contributed by atoms with Gasteiger partial charge < -0.3 is 28.5 Å². The molecule has 1 N–H and O–H groups in total. The number of likely N-dealkylation sites (N-methyl/N-ethyl adjacent to an activating group) is 1. The lowest BCUT2D eigenvalue weighted by Crippen LogP contribution is -2.40. The molecule has 9 heteroatoms. The predicted octanol–water partition coefficient (Wildman–Crippen LogP) is 19.6. The maximum absolute atomic E-state index is 12.8. The maximum atomic E-state index is 12.8. The summed E-state index contributed by atoms with van der Waals surface area (Å²) in [5, 5.41) is 9.70. The fourth-order valence-electron chi connectivity index (χ4n) is 9.35. The maximum Gasteiger partial charge on any atom is 0.361 e. The second kappa shape index (κ2) is 59.1. The fourth-order valence-corrected chi connectivity index (χ4v) is 9.35. The molecule has 0 rings (SSSR count). The van der Waals surface area contributed by atoms with Crippen molar-refractivity contribution >= 4 is 17.9 Å². The van der Waals surface area contributed by atoms with Gasteiger partial charge in [0.25, 0.3) is 6.29 Å². The summed E-state index contributed by atoms with van der Waals surface area (Å²) >= 11 is 0. The molecule has 448 valence electrons. The molecule has 0 aromatic heterocycles. The van der Waals surface area contributed by atoms with Crippen molar-refractivity contribution in [1.29, 1.82) is 0 Å². The van der Waals surface area contributed by atoms with Gasteiger partial charge in [-0.25, -0.2) is 4.79 Å². The van der Waals surface area contributed by atoms with Crippen molar-refractivity contribution in [2.24, 2.45) is 0 Å². The van der Waals surface area contributed by atoms with Crippen LogP contribution >= 0.6 is 0 Å². The number of hydrogen-bond acceptors (Lipinski definition) is 7. The van der Waals surface area contributed by atoms with E-state index in [2.05, 4.69) is 74.6 Å². The van der Waals surface area contributed by atoms with E-state index < -0.39 is 24.3 Å². The molecule has 0 radical (unpaired) electrons. The zero-order valence-corrected chi connectivity index (χ0v) is 51.1. The monoisotopic (exact) mass is 1080 g/mol. The van der Waals surface area contributed by atoms with E-state index in [4.69, 9.17) is 18.9 Å². The molecule has 0 saturated heterocycles. The third kappa shape index (κ3) is 60.5. The van der Waals surface area contributed by atoms with E-state index in [9.17, 15) is 19.5 Å². The second-order valence-electron chi connectivity index (χ2n) is 23.1. The van der Waals surface area contributed by atoms with Gasteiger partial charge in [-0.3, -0.25) is 9.59 Å². The summed E-state index contributed by atoms with van der Waals surface area (Å²) in [5.74, 6) is -2.08. The molecule has 0 heterocycles. The van der Waals surface area contributed by atoms with E-state index in [0.29, 0.717) is 23.9 Å². The minimum absolute atomic E-state index is 0.176. The Balaban J connectivity index is 4.04. The van der Waals surface area contributed by atoms with Crippen molar-refractivity contribution in [3.63, 3.8) is 0 Å². The summed E-state index contributed by atoms with van der Waals surface area (Å²) in [6.45, 7) is 4.73. The highest BCUT2D eigenvalue weighted by molar-refractivity contribution is 5.71. The Kier molecular flexibility index (Phi) is 56.8. The van der Waals surface area contributed by atoms with Crippen molar-refractivity contribution in [1.82, 2.24) is 0 Å². The van der Waals surface area contributed by atoms with Gasteiger partial charge in [0.2, 0.25) is 0 Å². The SMILES string of the molecule is CC/C=C\C/C=C\C/C=C\C/C=C\C/C=C\CCCC(=O)OC(COC(=O)CCCCCCCCCCCCCCCCCCCCCCCCCCCCCCCCCCCCC)COC(OCC[N+](C)(C)C)C(=O)O. The molecule has 2 unspecified atom stereocenters. The third-order valence-electron chi connectivity index (χ3n) is 14.3. The summed E-state index contributed by atoms with van der Waals surface area (Å²) in [5.41, 5.74) is 0. The molecule has 0 spiro atoms. The van der Waals surface area contributed by atoms with E-state index in [0.717, 1.165) is 57.8 Å². The quantitative estimate of drug-likeness (QED) is 0.0211. The Morgan fingerprint density at radius 3 is 1.09 bits per heavy atom. The standard InChI is InChI=1S/C68H123NO8/c1-6-8-10-12-14-16-18-20-22-24-25-26-27-28-29-30-31-32-33-34-35-36-37-38-39-40-41-43-44-46-48-50-52-54-56-58-65(70)75-62-64(63-76-68(67(72)73)74-61-60-69(3,4)5)77-66(71)59-57-55-53-51-49-47-45-42-23-21-19-17-15-13-11-9-7-2/h9,11,15,17,21,23,45,47,51,53,64,68H,6-8,10,12-14,16,18-20,22,24-44,46,48-50,52,54-63H2,1-5H3/p+1/b11-9-,17-15-,23-21-,47-45-,53-51-. The minimum atomic E-state index is -1.53. The number of ether oxygens (including phenoxy) is 4. The number of carboxylic acids is 1. The van der Waals surface area contributed by atoms with E-state index in [1.165, 1.54) is 205 Å². The van der Waals surface area contributed by atoms with Crippen LogP contribution in [0.4, 0.5) is 0 Å². The second-order valence-corrected chi connectivity index (χ2v) is 23.1. The van der Waals surface area contributed by atoms with Crippen LogP contribution in [0.25, 0.3) is 0 Å². The first-order valence-electron chi connectivity index (χ1n) is 32.5. The van der Waals surface area contributed by atoms with Crippen LogP contribution in [0.3, 0.4) is 0 Å². The molecule has 0 bridgehead atoms. The Morgan fingerprint density at radius 1 is 0.403 bits per heavy atom. The van der Waals surface area contributed by atoms with Crippen LogP contribution in [0.1, 0.15) is 296 Å². The lowest BCUT2D eigenvalue weighted by Gasteiger charge is -2.25. The number of rotatable bonds is 60. The van der Waals surface area contributed by atoms with Gasteiger partial charge in [-0.15, -0.1) is 0 Å². The van der Waals surface area contributed by atoms with Crippen LogP contribution in [0, 0.1) is 0 Å². The van der Waals surface area contributed by atoms with E-state index >= 15 is 0 Å². The normalized spacial score (nSPS) is 13.1. The zero-order chi connectivity index (χ0) is 56.2. The topological polar surface area (TPSA) is 108 Å². The molecule has 0 aromatic carbocycles. The zero-order valence-electron chi connectivity index (χ0n) is 51.1. The smallest absolute Gasteiger partial charge is 0.361 e. The van der Waals surface area contributed by atoms with Gasteiger partial charge in [-0.1, -0.05) is 293 Å². The lowest BCUT2D eigenvalue weighted by atomic mass is 10.0. The summed E-state index contributed by atoms with van der Waals surface area (Å²) in [6.07, 6.45) is 73.6. The third-order valence-corrected chi connectivity index (χ3v) is 14.3. The number of carbonyl (C=O) groups is 3. The molecule has 9 nitrogen and oxygen atoms in total. The molecule has 0 fully saturated rings. The van der Waals surface area contributed by atoms with Crippen molar-refractivity contribution in [2.75, 3.05) is 47.5 Å². The molecular formula is C68H124NO8+. The Hall–Kier alpha value is -3.01. The number of carboxylic acid groups (broad SMARTS) is 1. The molecule has 77 heavy (non-hydrogen) atoms. The van der Waals surface area contributed by atoms with Gasteiger partial charge in [0.1, 0.15) is 13.2 Å². The van der Waals surface area contributed by atoms with Crippen LogP contribution in [0.2, 0.25) is 0 Å². The highest BCUT2D eigenvalue weighted by Crippen LogP contribution is 2.18. The van der Waals surface area contributed by atoms with Crippen LogP contribution in [-0.2, 0) is 33.3 Å². The van der Waals surface area contributed by atoms with Crippen molar-refractivity contribution in [3.05, 3.63) is 60.8 Å². The minimum Gasteiger partial charge on any atom is -0.477 e. The summed E-state index contributed by atoms with van der Waals surface area (Å²) < 4.78 is 22.8. The summed E-state index contributed by atoms with van der Waals surface area (Å²) in [4.78, 5) is 37.4. The largest absolute Gasteiger partial charge is 0.477 e. The highest BCUT2D eigenvalue weighted by Gasteiger charge is 2.25. The molecule has 0 saturated carbocycles. The molecule has 0 aromatic rings. The van der Waals surface area contributed by atoms with Gasteiger partial charge in [0.15, 0.2) is 6.10 Å². The highest BCUT2D eigenvalue weighted by atomic mass is 16.7. The molecular weight excluding hydrogens is 959 g/mol. The van der Waals surface area contributed by atoms with E-state index in [1.54, 1.807) is 0 Å².